The largest absolute Gasteiger partial charge is 0.497 e. The Morgan fingerprint density at radius 2 is 1.92 bits per heavy atom. The predicted molar refractivity (Wildman–Crippen MR) is 86.9 cm³/mol. The molecular formula is C15H17NO6S2. The van der Waals surface area contributed by atoms with Gasteiger partial charge in [0, 0.05) is 19.2 Å². The Kier molecular flexibility index (Phi) is 4.41. The molecule has 1 aliphatic heterocycles. The molecule has 130 valence electrons. The summed E-state index contributed by atoms with van der Waals surface area (Å²) in [7, 11) is -5.73. The maximum absolute atomic E-state index is 12.5. The second kappa shape index (κ2) is 6.23. The van der Waals surface area contributed by atoms with Gasteiger partial charge >= 0.3 is 0 Å². The van der Waals surface area contributed by atoms with Gasteiger partial charge in [-0.2, -0.15) is 4.31 Å². The molecule has 24 heavy (non-hydrogen) atoms. The highest BCUT2D eigenvalue weighted by Gasteiger charge is 2.43. The molecule has 0 amide bonds. The highest BCUT2D eigenvalue weighted by atomic mass is 32.2. The van der Waals surface area contributed by atoms with E-state index in [1.807, 2.05) is 0 Å². The van der Waals surface area contributed by atoms with Crippen LogP contribution >= 0.6 is 0 Å². The van der Waals surface area contributed by atoms with Gasteiger partial charge in [0.1, 0.15) is 17.3 Å². The van der Waals surface area contributed by atoms with Gasteiger partial charge in [0.15, 0.2) is 9.84 Å². The van der Waals surface area contributed by atoms with Crippen LogP contribution in [0.4, 0.5) is 0 Å². The lowest BCUT2D eigenvalue weighted by Gasteiger charge is -2.37. The van der Waals surface area contributed by atoms with Crippen LogP contribution in [0, 0.1) is 0 Å². The molecule has 0 unspecified atom stereocenters. The van der Waals surface area contributed by atoms with Gasteiger partial charge in [-0.1, -0.05) is 6.07 Å². The molecule has 1 saturated heterocycles. The van der Waals surface area contributed by atoms with E-state index in [9.17, 15) is 16.8 Å². The van der Waals surface area contributed by atoms with Crippen molar-refractivity contribution in [3.63, 3.8) is 0 Å². The Labute approximate surface area is 140 Å². The van der Waals surface area contributed by atoms with Crippen molar-refractivity contribution in [1.82, 2.24) is 4.31 Å². The number of nitrogens with zero attached hydrogens (tertiary/aromatic N) is 1. The van der Waals surface area contributed by atoms with E-state index in [1.54, 1.807) is 24.3 Å². The summed E-state index contributed by atoms with van der Waals surface area (Å²) in [6.07, 6.45) is 1.41. The summed E-state index contributed by atoms with van der Waals surface area (Å²) in [5.74, 6) is 0.556. The Morgan fingerprint density at radius 1 is 1.17 bits per heavy atom. The van der Waals surface area contributed by atoms with Crippen LogP contribution in [0.3, 0.4) is 0 Å². The van der Waals surface area contributed by atoms with Gasteiger partial charge < -0.3 is 9.15 Å². The number of methoxy groups -OCH3 is 1. The number of hydrogen-bond donors (Lipinski definition) is 0. The van der Waals surface area contributed by atoms with Crippen molar-refractivity contribution >= 4 is 19.9 Å². The van der Waals surface area contributed by atoms with Crippen LogP contribution in [0.2, 0.25) is 0 Å². The van der Waals surface area contributed by atoms with Crippen LogP contribution in [-0.2, 0) is 25.6 Å². The van der Waals surface area contributed by atoms with Gasteiger partial charge in [-0.05, 0) is 24.3 Å². The van der Waals surface area contributed by atoms with E-state index in [4.69, 9.17) is 9.15 Å². The van der Waals surface area contributed by atoms with E-state index >= 15 is 0 Å². The van der Waals surface area contributed by atoms with Crippen LogP contribution < -0.4 is 4.74 Å². The van der Waals surface area contributed by atoms with E-state index in [-0.39, 0.29) is 23.7 Å². The molecule has 0 aliphatic carbocycles. The van der Waals surface area contributed by atoms with Crippen molar-refractivity contribution in [2.24, 2.45) is 0 Å². The number of benzene rings is 1. The lowest BCUT2D eigenvalue weighted by atomic mass is 10.3. The minimum Gasteiger partial charge on any atom is -0.497 e. The predicted octanol–water partition coefficient (Wildman–Crippen LogP) is 1.28. The van der Waals surface area contributed by atoms with Gasteiger partial charge in [0.25, 0.3) is 0 Å². The van der Waals surface area contributed by atoms with Gasteiger partial charge in [0.05, 0.1) is 23.5 Å². The van der Waals surface area contributed by atoms with E-state index in [2.05, 4.69) is 0 Å². The lowest BCUT2D eigenvalue weighted by molar-refractivity contribution is 0.309. The summed E-state index contributed by atoms with van der Waals surface area (Å²) >= 11 is 0. The molecule has 7 nitrogen and oxygen atoms in total. The molecule has 1 aliphatic rings. The zero-order valence-corrected chi connectivity index (χ0v) is 14.6. The fraction of sp³-hybridized carbons (Fsp3) is 0.333. The number of hydrogen-bond acceptors (Lipinski definition) is 6. The van der Waals surface area contributed by atoms with Crippen molar-refractivity contribution < 1.29 is 26.0 Å². The highest BCUT2D eigenvalue weighted by molar-refractivity contribution is 7.92. The standard InChI is InChI=1S/C15H17NO6S2/c1-21-12-4-2-6-14(8-12)24(19,20)16-9-15(10-16)23(17,18)11-13-5-3-7-22-13/h2-8,15H,9-11H2,1H3. The van der Waals surface area contributed by atoms with Gasteiger partial charge in [0.2, 0.25) is 10.0 Å². The number of sulfonamides is 1. The summed E-state index contributed by atoms with van der Waals surface area (Å²) in [5.41, 5.74) is 0. The SMILES string of the molecule is COc1cccc(S(=O)(=O)N2CC(S(=O)(=O)Cc3ccco3)C2)c1. The highest BCUT2D eigenvalue weighted by Crippen LogP contribution is 2.28. The smallest absolute Gasteiger partial charge is 0.243 e. The van der Waals surface area contributed by atoms with Crippen molar-refractivity contribution in [2.45, 2.75) is 15.9 Å². The molecule has 0 spiro atoms. The van der Waals surface area contributed by atoms with Crippen molar-refractivity contribution in [3.05, 3.63) is 48.4 Å². The van der Waals surface area contributed by atoms with Gasteiger partial charge in [-0.3, -0.25) is 0 Å². The molecule has 0 N–H and O–H groups in total. The fourth-order valence-electron chi connectivity index (χ4n) is 2.45. The minimum atomic E-state index is -3.72. The molecule has 1 aromatic carbocycles. The molecule has 0 atom stereocenters. The summed E-state index contributed by atoms with van der Waals surface area (Å²) in [4.78, 5) is 0.0868. The van der Waals surface area contributed by atoms with Crippen LogP contribution in [0.1, 0.15) is 5.76 Å². The molecule has 1 fully saturated rings. The normalized spacial score (nSPS) is 16.7. The summed E-state index contributed by atoms with van der Waals surface area (Å²) in [6.45, 7) is -0.106. The molecule has 0 bridgehead atoms. The second-order valence-electron chi connectivity index (χ2n) is 5.51. The molecule has 9 heteroatoms. The van der Waals surface area contributed by atoms with E-state index in [0.29, 0.717) is 11.5 Å². The average Bonchev–Trinajstić information content (AvgIpc) is 2.97. The van der Waals surface area contributed by atoms with Crippen LogP contribution in [0.25, 0.3) is 0 Å². The second-order valence-corrected chi connectivity index (χ2v) is 9.73. The maximum atomic E-state index is 12.5. The van der Waals surface area contributed by atoms with E-state index < -0.39 is 25.1 Å². The minimum absolute atomic E-state index is 0.0530. The molecule has 0 saturated carbocycles. The van der Waals surface area contributed by atoms with Crippen LogP contribution in [0.5, 0.6) is 5.75 Å². The summed E-state index contributed by atoms with van der Waals surface area (Å²) in [6, 6.07) is 9.30. The third-order valence-electron chi connectivity index (χ3n) is 3.92. The average molecular weight is 371 g/mol. The Balaban J connectivity index is 1.71. The first-order valence-corrected chi connectivity index (χ1v) is 10.4. The van der Waals surface area contributed by atoms with Gasteiger partial charge in [-0.25, -0.2) is 16.8 Å². The molecule has 0 radical (unpaired) electrons. The van der Waals surface area contributed by atoms with E-state index in [0.717, 1.165) is 4.31 Å². The van der Waals surface area contributed by atoms with Crippen molar-refractivity contribution in [1.29, 1.82) is 0 Å². The van der Waals surface area contributed by atoms with Gasteiger partial charge in [-0.15, -0.1) is 0 Å². The molecule has 2 heterocycles. The first-order valence-electron chi connectivity index (χ1n) is 7.21. The van der Waals surface area contributed by atoms with Crippen molar-refractivity contribution in [2.75, 3.05) is 20.2 Å². The topological polar surface area (TPSA) is 93.9 Å². The summed E-state index contributed by atoms with van der Waals surface area (Å²) in [5, 5.41) is -0.719. The Hall–Kier alpha value is -1.84. The Bertz CT molecular complexity index is 913. The molecular weight excluding hydrogens is 354 g/mol. The maximum Gasteiger partial charge on any atom is 0.243 e. The number of sulfone groups is 1. The van der Waals surface area contributed by atoms with Crippen LogP contribution in [0.15, 0.2) is 52.0 Å². The third-order valence-corrected chi connectivity index (χ3v) is 7.75. The Morgan fingerprint density at radius 3 is 2.54 bits per heavy atom. The van der Waals surface area contributed by atoms with Crippen molar-refractivity contribution in [3.8, 4) is 5.75 Å². The third kappa shape index (κ3) is 3.19. The molecule has 1 aromatic heterocycles. The molecule has 3 rings (SSSR count). The number of rotatable bonds is 6. The molecule has 2 aromatic rings. The lowest BCUT2D eigenvalue weighted by Crippen LogP contribution is -2.56. The summed E-state index contributed by atoms with van der Waals surface area (Å²) < 4.78 is 60.9. The zero-order chi connectivity index (χ0) is 17.4. The fourth-order valence-corrected chi connectivity index (χ4v) is 5.81. The number of furan rings is 1. The first kappa shape index (κ1) is 17.0. The quantitative estimate of drug-likeness (QED) is 0.759. The first-order chi connectivity index (χ1) is 11.3. The number of ether oxygens (including phenoxy) is 1. The van der Waals surface area contributed by atoms with E-state index in [1.165, 1.54) is 25.5 Å². The van der Waals surface area contributed by atoms with Crippen LogP contribution in [-0.4, -0.2) is 46.6 Å². The monoisotopic (exact) mass is 371 g/mol. The zero-order valence-electron chi connectivity index (χ0n) is 13.0.